The molecule has 0 saturated heterocycles. The van der Waals surface area contributed by atoms with Gasteiger partial charge in [0.05, 0.1) is 11.3 Å². The summed E-state index contributed by atoms with van der Waals surface area (Å²) in [7, 11) is 0. The average Bonchev–Trinajstić information content (AvgIpc) is 2.93. The Balaban J connectivity index is 2.12. The summed E-state index contributed by atoms with van der Waals surface area (Å²) in [4.78, 5) is 11.0. The van der Waals surface area contributed by atoms with Crippen LogP contribution in [0.2, 0.25) is 0 Å². The van der Waals surface area contributed by atoms with Crippen molar-refractivity contribution in [3.8, 4) is 11.3 Å². The molecule has 0 spiro atoms. The number of hydrogen-bond donors (Lipinski definition) is 2. The topological polar surface area (TPSA) is 71.8 Å². The lowest BCUT2D eigenvalue weighted by Gasteiger charge is -2.03. The summed E-state index contributed by atoms with van der Waals surface area (Å²) < 4.78 is 0. The van der Waals surface area contributed by atoms with E-state index in [9.17, 15) is 4.79 Å². The second-order valence-electron chi connectivity index (χ2n) is 4.35. The standard InChI is InChI=1S/C13H13N3O/c14-13-11(7-17)12(15-16-13)10-5-4-8-2-1-3-9(8)6-10/h4-7H,1-3H2,(H3,14,15,16). The molecule has 0 radical (unpaired) electrons. The van der Waals surface area contributed by atoms with Gasteiger partial charge in [0.25, 0.3) is 0 Å². The third-order valence-corrected chi connectivity index (χ3v) is 3.34. The zero-order valence-electron chi connectivity index (χ0n) is 9.36. The first-order chi connectivity index (χ1) is 8.29. The van der Waals surface area contributed by atoms with Gasteiger partial charge in [-0.2, -0.15) is 5.10 Å². The number of anilines is 1. The van der Waals surface area contributed by atoms with E-state index in [1.165, 1.54) is 17.5 Å². The minimum absolute atomic E-state index is 0.260. The molecule has 0 fully saturated rings. The molecule has 86 valence electrons. The molecule has 1 aliphatic carbocycles. The first-order valence-electron chi connectivity index (χ1n) is 5.71. The van der Waals surface area contributed by atoms with Crippen LogP contribution in [0.15, 0.2) is 18.2 Å². The summed E-state index contributed by atoms with van der Waals surface area (Å²) in [5.41, 5.74) is 10.6. The van der Waals surface area contributed by atoms with Gasteiger partial charge in [0, 0.05) is 5.56 Å². The van der Waals surface area contributed by atoms with Crippen molar-refractivity contribution in [2.24, 2.45) is 0 Å². The minimum atomic E-state index is 0.260. The molecule has 3 rings (SSSR count). The highest BCUT2D eigenvalue weighted by molar-refractivity contribution is 5.91. The van der Waals surface area contributed by atoms with Gasteiger partial charge in [-0.25, -0.2) is 0 Å². The Morgan fingerprint density at radius 2 is 2.12 bits per heavy atom. The van der Waals surface area contributed by atoms with Crippen molar-refractivity contribution >= 4 is 12.1 Å². The summed E-state index contributed by atoms with van der Waals surface area (Å²) in [5, 5.41) is 6.71. The number of rotatable bonds is 2. The number of H-pyrrole nitrogens is 1. The Morgan fingerprint density at radius 3 is 2.94 bits per heavy atom. The van der Waals surface area contributed by atoms with Gasteiger partial charge in [-0.15, -0.1) is 0 Å². The number of nitrogens with zero attached hydrogens (tertiary/aromatic N) is 1. The van der Waals surface area contributed by atoms with Crippen LogP contribution in [0.4, 0.5) is 5.82 Å². The number of nitrogens with two attached hydrogens (primary N) is 1. The number of aromatic nitrogens is 2. The number of aldehydes is 1. The fourth-order valence-corrected chi connectivity index (χ4v) is 2.43. The average molecular weight is 227 g/mol. The molecule has 17 heavy (non-hydrogen) atoms. The molecule has 1 aromatic heterocycles. The molecule has 1 aromatic carbocycles. The maximum atomic E-state index is 11.0. The van der Waals surface area contributed by atoms with Gasteiger partial charge in [0.1, 0.15) is 0 Å². The van der Waals surface area contributed by atoms with E-state index in [4.69, 9.17) is 5.73 Å². The lowest BCUT2D eigenvalue weighted by Crippen LogP contribution is -1.91. The number of carbonyl (C=O) groups excluding carboxylic acids is 1. The van der Waals surface area contributed by atoms with E-state index in [0.717, 1.165) is 24.7 Å². The highest BCUT2D eigenvalue weighted by atomic mass is 16.1. The molecule has 3 N–H and O–H groups in total. The summed E-state index contributed by atoms with van der Waals surface area (Å²) in [6, 6.07) is 6.27. The van der Waals surface area contributed by atoms with Gasteiger partial charge >= 0.3 is 0 Å². The van der Waals surface area contributed by atoms with Gasteiger partial charge in [-0.3, -0.25) is 9.89 Å². The molecule has 0 saturated carbocycles. The van der Waals surface area contributed by atoms with E-state index < -0.39 is 0 Å². The van der Waals surface area contributed by atoms with Gasteiger partial charge in [0.15, 0.2) is 12.1 Å². The number of carbonyl (C=O) groups is 1. The van der Waals surface area contributed by atoms with Crippen molar-refractivity contribution in [3.63, 3.8) is 0 Å². The second kappa shape index (κ2) is 3.73. The third kappa shape index (κ3) is 1.53. The van der Waals surface area contributed by atoms with Crippen molar-refractivity contribution in [1.82, 2.24) is 10.2 Å². The van der Waals surface area contributed by atoms with Crippen molar-refractivity contribution in [3.05, 3.63) is 34.9 Å². The van der Waals surface area contributed by atoms with Crippen LogP contribution in [0, 0.1) is 0 Å². The largest absolute Gasteiger partial charge is 0.382 e. The summed E-state index contributed by atoms with van der Waals surface area (Å²) in [6.07, 6.45) is 4.23. The number of nitrogen functional groups attached to an aromatic ring is 1. The lowest BCUT2D eigenvalue weighted by molar-refractivity contribution is 0.112. The molecular formula is C13H13N3O. The van der Waals surface area contributed by atoms with Crippen LogP contribution in [0.5, 0.6) is 0 Å². The fourth-order valence-electron chi connectivity index (χ4n) is 2.43. The van der Waals surface area contributed by atoms with Gasteiger partial charge in [-0.05, 0) is 36.5 Å². The highest BCUT2D eigenvalue weighted by Gasteiger charge is 2.15. The van der Waals surface area contributed by atoms with E-state index in [2.05, 4.69) is 22.3 Å². The number of aromatic amines is 1. The van der Waals surface area contributed by atoms with Gasteiger partial charge in [0.2, 0.25) is 0 Å². The van der Waals surface area contributed by atoms with Crippen LogP contribution < -0.4 is 5.73 Å². The normalized spacial score (nSPS) is 13.6. The maximum Gasteiger partial charge on any atom is 0.156 e. The molecule has 0 atom stereocenters. The molecule has 0 unspecified atom stereocenters. The van der Waals surface area contributed by atoms with Crippen LogP contribution in [0.1, 0.15) is 27.9 Å². The number of nitrogens with one attached hydrogen (secondary N) is 1. The molecule has 2 aromatic rings. The predicted molar refractivity (Wildman–Crippen MR) is 65.8 cm³/mol. The minimum Gasteiger partial charge on any atom is -0.382 e. The van der Waals surface area contributed by atoms with E-state index in [-0.39, 0.29) is 5.82 Å². The molecule has 0 bridgehead atoms. The smallest absolute Gasteiger partial charge is 0.156 e. The Labute approximate surface area is 98.8 Å². The van der Waals surface area contributed by atoms with Crippen molar-refractivity contribution in [2.45, 2.75) is 19.3 Å². The number of hydrogen-bond acceptors (Lipinski definition) is 3. The van der Waals surface area contributed by atoms with Gasteiger partial charge < -0.3 is 5.73 Å². The monoisotopic (exact) mass is 227 g/mol. The Kier molecular flexibility index (Phi) is 2.21. The zero-order chi connectivity index (χ0) is 11.8. The summed E-state index contributed by atoms with van der Waals surface area (Å²) in [6.45, 7) is 0. The molecular weight excluding hydrogens is 214 g/mol. The Hall–Kier alpha value is -2.10. The first-order valence-corrected chi connectivity index (χ1v) is 5.71. The van der Waals surface area contributed by atoms with Crippen LogP contribution in [-0.2, 0) is 12.8 Å². The molecule has 0 amide bonds. The van der Waals surface area contributed by atoms with E-state index in [1.807, 2.05) is 6.07 Å². The quantitative estimate of drug-likeness (QED) is 0.770. The number of fused-ring (bicyclic) bond motifs is 1. The number of aryl methyl sites for hydroxylation is 2. The molecule has 1 heterocycles. The second-order valence-corrected chi connectivity index (χ2v) is 4.35. The van der Waals surface area contributed by atoms with Crippen LogP contribution in [0.25, 0.3) is 11.3 Å². The fraction of sp³-hybridized carbons (Fsp3) is 0.231. The first kappa shape index (κ1) is 10.1. The highest BCUT2D eigenvalue weighted by Crippen LogP contribution is 2.29. The summed E-state index contributed by atoms with van der Waals surface area (Å²) in [5.74, 6) is 0.260. The SMILES string of the molecule is Nc1n[nH]c(-c2ccc3c(c2)CCC3)c1C=O. The zero-order valence-corrected chi connectivity index (χ0v) is 9.36. The molecule has 0 aliphatic heterocycles. The van der Waals surface area contributed by atoms with Crippen LogP contribution >= 0.6 is 0 Å². The maximum absolute atomic E-state index is 11.0. The predicted octanol–water partition coefficient (Wildman–Crippen LogP) is 1.96. The summed E-state index contributed by atoms with van der Waals surface area (Å²) >= 11 is 0. The molecule has 4 heteroatoms. The van der Waals surface area contributed by atoms with E-state index in [1.54, 1.807) is 0 Å². The van der Waals surface area contributed by atoms with E-state index in [0.29, 0.717) is 11.3 Å². The number of benzene rings is 1. The van der Waals surface area contributed by atoms with Crippen LogP contribution in [0.3, 0.4) is 0 Å². The molecule has 4 nitrogen and oxygen atoms in total. The molecule has 1 aliphatic rings. The van der Waals surface area contributed by atoms with Crippen molar-refractivity contribution < 1.29 is 4.79 Å². The third-order valence-electron chi connectivity index (χ3n) is 3.34. The van der Waals surface area contributed by atoms with Crippen molar-refractivity contribution in [2.75, 3.05) is 5.73 Å². The van der Waals surface area contributed by atoms with E-state index >= 15 is 0 Å². The van der Waals surface area contributed by atoms with Gasteiger partial charge in [-0.1, -0.05) is 12.1 Å². The van der Waals surface area contributed by atoms with Crippen LogP contribution in [-0.4, -0.2) is 16.5 Å². The Bertz CT molecular complexity index is 586. The lowest BCUT2D eigenvalue weighted by atomic mass is 10.0. The van der Waals surface area contributed by atoms with Crippen molar-refractivity contribution in [1.29, 1.82) is 0 Å². The Morgan fingerprint density at radius 1 is 1.29 bits per heavy atom.